The van der Waals surface area contributed by atoms with Crippen LogP contribution in [0.5, 0.6) is 0 Å². The number of nitrogens with one attached hydrogen (secondary N) is 1. The van der Waals surface area contributed by atoms with Crippen LogP contribution in [0.1, 0.15) is 19.3 Å². The first kappa shape index (κ1) is 4.69. The normalized spacial score (nSPS) is 20.6. The minimum Gasteiger partial charge on any atom is -0.389 e. The SMILES string of the molecule is C=CNC1CCC1. The van der Waals surface area contributed by atoms with Crippen LogP contribution in [0.25, 0.3) is 0 Å². The van der Waals surface area contributed by atoms with E-state index >= 15 is 0 Å². The van der Waals surface area contributed by atoms with E-state index in [9.17, 15) is 0 Å². The van der Waals surface area contributed by atoms with Crippen molar-refractivity contribution in [2.45, 2.75) is 25.3 Å². The summed E-state index contributed by atoms with van der Waals surface area (Å²) in [6.07, 6.45) is 5.85. The van der Waals surface area contributed by atoms with Crippen molar-refractivity contribution in [2.75, 3.05) is 0 Å². The van der Waals surface area contributed by atoms with Gasteiger partial charge in [0.15, 0.2) is 0 Å². The Morgan fingerprint density at radius 3 is 2.43 bits per heavy atom. The predicted octanol–water partition coefficient (Wildman–Crippen LogP) is 1.27. The van der Waals surface area contributed by atoms with Crippen molar-refractivity contribution in [3.8, 4) is 0 Å². The van der Waals surface area contributed by atoms with E-state index in [4.69, 9.17) is 0 Å². The minimum atomic E-state index is 0.762. The summed E-state index contributed by atoms with van der Waals surface area (Å²) in [7, 11) is 0. The van der Waals surface area contributed by atoms with Crippen molar-refractivity contribution < 1.29 is 0 Å². The molecule has 0 saturated heterocycles. The fraction of sp³-hybridized carbons (Fsp3) is 0.667. The van der Waals surface area contributed by atoms with Crippen LogP contribution >= 0.6 is 0 Å². The maximum absolute atomic E-state index is 3.57. The molecule has 0 bridgehead atoms. The standard InChI is InChI=1S/C6H11N/c1-2-7-6-4-3-5-6/h2,6-7H,1,3-5H2. The summed E-state index contributed by atoms with van der Waals surface area (Å²) >= 11 is 0. The fourth-order valence-corrected chi connectivity index (χ4v) is 0.742. The molecular weight excluding hydrogens is 86.1 g/mol. The Morgan fingerprint density at radius 2 is 2.29 bits per heavy atom. The lowest BCUT2D eigenvalue weighted by Crippen LogP contribution is -2.30. The van der Waals surface area contributed by atoms with Gasteiger partial charge in [-0.05, 0) is 25.5 Å². The fourth-order valence-electron chi connectivity index (χ4n) is 0.742. The summed E-state index contributed by atoms with van der Waals surface area (Å²) in [6, 6.07) is 0.762. The average Bonchev–Trinajstić information content (AvgIpc) is 1.55. The van der Waals surface area contributed by atoms with Crippen LogP contribution in [0.15, 0.2) is 12.8 Å². The van der Waals surface area contributed by atoms with Gasteiger partial charge in [-0.2, -0.15) is 0 Å². The average molecular weight is 97.2 g/mol. The van der Waals surface area contributed by atoms with Gasteiger partial charge in [-0.25, -0.2) is 0 Å². The summed E-state index contributed by atoms with van der Waals surface area (Å²) in [6.45, 7) is 3.57. The highest BCUT2D eigenvalue weighted by Gasteiger charge is 2.13. The highest BCUT2D eigenvalue weighted by Crippen LogP contribution is 2.17. The zero-order valence-corrected chi connectivity index (χ0v) is 4.48. The third-order valence-corrected chi connectivity index (χ3v) is 1.46. The van der Waals surface area contributed by atoms with Crippen molar-refractivity contribution in [3.05, 3.63) is 12.8 Å². The third kappa shape index (κ3) is 0.952. The Hall–Kier alpha value is -0.460. The highest BCUT2D eigenvalue weighted by molar-refractivity contribution is 4.80. The zero-order valence-electron chi connectivity index (χ0n) is 4.48. The van der Waals surface area contributed by atoms with Gasteiger partial charge in [0.05, 0.1) is 0 Å². The molecule has 7 heavy (non-hydrogen) atoms. The van der Waals surface area contributed by atoms with Crippen LogP contribution in [0.2, 0.25) is 0 Å². The minimum absolute atomic E-state index is 0.762. The second-order valence-corrected chi connectivity index (χ2v) is 2.00. The molecule has 0 amide bonds. The Labute approximate surface area is 44.4 Å². The van der Waals surface area contributed by atoms with Gasteiger partial charge >= 0.3 is 0 Å². The van der Waals surface area contributed by atoms with Crippen LogP contribution in [-0.2, 0) is 0 Å². The molecule has 40 valence electrons. The molecule has 0 heterocycles. The maximum Gasteiger partial charge on any atom is 0.0255 e. The Kier molecular flexibility index (Phi) is 1.35. The molecule has 1 heteroatoms. The Balaban J connectivity index is 2.03. The quantitative estimate of drug-likeness (QED) is 0.547. The molecule has 0 atom stereocenters. The smallest absolute Gasteiger partial charge is 0.0255 e. The lowest BCUT2D eigenvalue weighted by molar-refractivity contribution is 0.373. The largest absolute Gasteiger partial charge is 0.389 e. The molecule has 1 nitrogen and oxygen atoms in total. The molecule has 0 aromatic carbocycles. The Morgan fingerprint density at radius 1 is 1.57 bits per heavy atom. The molecule has 0 spiro atoms. The van der Waals surface area contributed by atoms with Crippen molar-refractivity contribution in [1.29, 1.82) is 0 Å². The van der Waals surface area contributed by atoms with E-state index in [1.165, 1.54) is 19.3 Å². The molecule has 0 aliphatic heterocycles. The maximum atomic E-state index is 3.57. The number of hydrogen-bond donors (Lipinski definition) is 1. The molecule has 1 rings (SSSR count). The van der Waals surface area contributed by atoms with Crippen molar-refractivity contribution in [1.82, 2.24) is 5.32 Å². The first-order chi connectivity index (χ1) is 3.43. The van der Waals surface area contributed by atoms with Gasteiger partial charge in [0.1, 0.15) is 0 Å². The molecule has 0 aromatic rings. The van der Waals surface area contributed by atoms with Gasteiger partial charge in [0.2, 0.25) is 0 Å². The predicted molar refractivity (Wildman–Crippen MR) is 31.0 cm³/mol. The lowest BCUT2D eigenvalue weighted by atomic mass is 9.93. The Bertz CT molecular complexity index is 64.6. The molecular formula is C6H11N. The summed E-state index contributed by atoms with van der Waals surface area (Å²) in [5, 5.41) is 3.15. The van der Waals surface area contributed by atoms with E-state index in [-0.39, 0.29) is 0 Å². The molecule has 1 N–H and O–H groups in total. The molecule has 0 aromatic heterocycles. The monoisotopic (exact) mass is 97.1 g/mol. The number of rotatable bonds is 2. The molecule has 1 aliphatic carbocycles. The van der Waals surface area contributed by atoms with Crippen LogP contribution in [0.3, 0.4) is 0 Å². The van der Waals surface area contributed by atoms with E-state index in [0.717, 1.165) is 6.04 Å². The molecule has 1 saturated carbocycles. The molecule has 0 unspecified atom stereocenters. The molecule has 1 aliphatic rings. The van der Waals surface area contributed by atoms with Gasteiger partial charge < -0.3 is 5.32 Å². The van der Waals surface area contributed by atoms with Crippen molar-refractivity contribution in [3.63, 3.8) is 0 Å². The van der Waals surface area contributed by atoms with E-state index in [1.807, 2.05) is 0 Å². The van der Waals surface area contributed by atoms with E-state index < -0.39 is 0 Å². The van der Waals surface area contributed by atoms with Gasteiger partial charge in [0, 0.05) is 6.04 Å². The van der Waals surface area contributed by atoms with E-state index in [1.54, 1.807) is 6.20 Å². The molecule has 0 radical (unpaired) electrons. The van der Waals surface area contributed by atoms with Crippen LogP contribution in [-0.4, -0.2) is 6.04 Å². The molecule has 1 fully saturated rings. The second kappa shape index (κ2) is 2.01. The third-order valence-electron chi connectivity index (χ3n) is 1.46. The van der Waals surface area contributed by atoms with Crippen molar-refractivity contribution in [2.24, 2.45) is 0 Å². The topological polar surface area (TPSA) is 12.0 Å². The lowest BCUT2D eigenvalue weighted by Gasteiger charge is -2.24. The van der Waals surface area contributed by atoms with Gasteiger partial charge in [-0.1, -0.05) is 6.58 Å². The van der Waals surface area contributed by atoms with Crippen LogP contribution in [0, 0.1) is 0 Å². The van der Waals surface area contributed by atoms with Gasteiger partial charge in [-0.3, -0.25) is 0 Å². The van der Waals surface area contributed by atoms with Crippen LogP contribution < -0.4 is 5.32 Å². The number of hydrogen-bond acceptors (Lipinski definition) is 1. The highest BCUT2D eigenvalue weighted by atomic mass is 14.9. The summed E-state index contributed by atoms with van der Waals surface area (Å²) in [5.74, 6) is 0. The zero-order chi connectivity index (χ0) is 5.11. The summed E-state index contributed by atoms with van der Waals surface area (Å²) in [5.41, 5.74) is 0. The summed E-state index contributed by atoms with van der Waals surface area (Å²) < 4.78 is 0. The second-order valence-electron chi connectivity index (χ2n) is 2.00. The first-order valence-electron chi connectivity index (χ1n) is 2.80. The first-order valence-corrected chi connectivity index (χ1v) is 2.80. The summed E-state index contributed by atoms with van der Waals surface area (Å²) in [4.78, 5) is 0. The van der Waals surface area contributed by atoms with E-state index in [0.29, 0.717) is 0 Å². The van der Waals surface area contributed by atoms with E-state index in [2.05, 4.69) is 11.9 Å². The van der Waals surface area contributed by atoms with Gasteiger partial charge in [0.25, 0.3) is 0 Å². The van der Waals surface area contributed by atoms with Gasteiger partial charge in [-0.15, -0.1) is 0 Å². The van der Waals surface area contributed by atoms with Crippen LogP contribution in [0.4, 0.5) is 0 Å². The van der Waals surface area contributed by atoms with Crippen molar-refractivity contribution >= 4 is 0 Å².